The minimum atomic E-state index is -0.0567. The van der Waals surface area contributed by atoms with Gasteiger partial charge in [0, 0.05) is 19.6 Å². The van der Waals surface area contributed by atoms with Crippen molar-refractivity contribution in [1.29, 1.82) is 0 Å². The molecule has 2 nitrogen and oxygen atoms in total. The van der Waals surface area contributed by atoms with Crippen molar-refractivity contribution in [2.24, 2.45) is 5.92 Å². The second-order valence-electron chi connectivity index (χ2n) is 3.60. The van der Waals surface area contributed by atoms with Crippen molar-refractivity contribution in [2.45, 2.75) is 26.4 Å². The summed E-state index contributed by atoms with van der Waals surface area (Å²) in [7, 11) is 0. The summed E-state index contributed by atoms with van der Waals surface area (Å²) in [5.41, 5.74) is 0. The highest BCUT2D eigenvalue weighted by atomic mass is 16.3. The van der Waals surface area contributed by atoms with Gasteiger partial charge in [-0.05, 0) is 12.3 Å². The molecule has 0 amide bonds. The normalized spacial score (nSPS) is 28.2. The highest BCUT2D eigenvalue weighted by Crippen LogP contribution is 2.10. The standard InChI is InChI=1S/C8H17NO/c1-7(2)5-9-4-3-8(10)6-9/h7-8,10H,3-6H2,1-2H3. The zero-order chi connectivity index (χ0) is 7.56. The van der Waals surface area contributed by atoms with E-state index in [-0.39, 0.29) is 6.10 Å². The Morgan fingerprint density at radius 3 is 2.70 bits per heavy atom. The average molecular weight is 143 g/mol. The molecule has 0 saturated carbocycles. The van der Waals surface area contributed by atoms with Gasteiger partial charge in [0.25, 0.3) is 0 Å². The molecular formula is C8H17NO. The fourth-order valence-electron chi connectivity index (χ4n) is 1.49. The van der Waals surface area contributed by atoms with Gasteiger partial charge >= 0.3 is 0 Å². The fourth-order valence-corrected chi connectivity index (χ4v) is 1.49. The molecular weight excluding hydrogens is 126 g/mol. The molecule has 1 aliphatic rings. The summed E-state index contributed by atoms with van der Waals surface area (Å²) in [6, 6.07) is 0. The van der Waals surface area contributed by atoms with Crippen molar-refractivity contribution in [3.63, 3.8) is 0 Å². The van der Waals surface area contributed by atoms with E-state index in [0.29, 0.717) is 0 Å². The van der Waals surface area contributed by atoms with Crippen LogP contribution >= 0.6 is 0 Å². The van der Waals surface area contributed by atoms with Crippen LogP contribution in [0.2, 0.25) is 0 Å². The van der Waals surface area contributed by atoms with Gasteiger partial charge in [-0.3, -0.25) is 0 Å². The number of aliphatic hydroxyl groups is 1. The van der Waals surface area contributed by atoms with Crippen LogP contribution in [-0.2, 0) is 0 Å². The van der Waals surface area contributed by atoms with Crippen LogP contribution in [0.3, 0.4) is 0 Å². The summed E-state index contributed by atoms with van der Waals surface area (Å²) in [5, 5.41) is 9.17. The van der Waals surface area contributed by atoms with Crippen molar-refractivity contribution in [3.8, 4) is 0 Å². The molecule has 1 heterocycles. The number of hydrogen-bond acceptors (Lipinski definition) is 2. The first-order valence-electron chi connectivity index (χ1n) is 4.09. The Morgan fingerprint density at radius 1 is 1.60 bits per heavy atom. The first kappa shape index (κ1) is 8.02. The highest BCUT2D eigenvalue weighted by Gasteiger charge is 2.19. The van der Waals surface area contributed by atoms with Crippen molar-refractivity contribution < 1.29 is 5.11 Å². The second kappa shape index (κ2) is 3.35. The predicted octanol–water partition coefficient (Wildman–Crippen LogP) is 0.709. The number of β-amino-alcohol motifs (C(OH)–C–C–N with tert-alkyl or cyclic N) is 1. The van der Waals surface area contributed by atoms with E-state index in [1.165, 1.54) is 0 Å². The Hall–Kier alpha value is -0.0800. The first-order valence-corrected chi connectivity index (χ1v) is 4.09. The Kier molecular flexibility index (Phi) is 2.69. The average Bonchev–Trinajstić information content (AvgIpc) is 2.13. The van der Waals surface area contributed by atoms with Gasteiger partial charge in [0.2, 0.25) is 0 Å². The summed E-state index contributed by atoms with van der Waals surface area (Å²) in [4.78, 5) is 2.33. The monoisotopic (exact) mass is 143 g/mol. The molecule has 1 fully saturated rings. The van der Waals surface area contributed by atoms with Gasteiger partial charge in [-0.1, -0.05) is 13.8 Å². The molecule has 1 unspecified atom stereocenters. The Labute approximate surface area is 62.8 Å². The summed E-state index contributed by atoms with van der Waals surface area (Å²) in [6.45, 7) is 7.53. The van der Waals surface area contributed by atoms with Crippen LogP contribution in [0.4, 0.5) is 0 Å². The van der Waals surface area contributed by atoms with Crippen LogP contribution in [0.25, 0.3) is 0 Å². The lowest BCUT2D eigenvalue weighted by molar-refractivity contribution is 0.172. The summed E-state index contributed by atoms with van der Waals surface area (Å²) in [5.74, 6) is 0.727. The van der Waals surface area contributed by atoms with Gasteiger partial charge in [-0.2, -0.15) is 0 Å². The van der Waals surface area contributed by atoms with Crippen molar-refractivity contribution in [2.75, 3.05) is 19.6 Å². The zero-order valence-electron chi connectivity index (χ0n) is 6.88. The summed E-state index contributed by atoms with van der Waals surface area (Å²) >= 11 is 0. The largest absolute Gasteiger partial charge is 0.392 e. The Bertz CT molecular complexity index is 103. The summed E-state index contributed by atoms with van der Waals surface area (Å²) < 4.78 is 0. The molecule has 1 aliphatic heterocycles. The van der Waals surface area contributed by atoms with Gasteiger partial charge in [0.15, 0.2) is 0 Å². The third-order valence-electron chi connectivity index (χ3n) is 1.87. The maximum atomic E-state index is 9.17. The molecule has 1 N–H and O–H groups in total. The van der Waals surface area contributed by atoms with Crippen LogP contribution < -0.4 is 0 Å². The fraction of sp³-hybridized carbons (Fsp3) is 1.00. The number of nitrogens with zero attached hydrogens (tertiary/aromatic N) is 1. The van der Waals surface area contributed by atoms with E-state index < -0.39 is 0 Å². The molecule has 0 aromatic rings. The molecule has 1 atom stereocenters. The molecule has 0 bridgehead atoms. The molecule has 2 heteroatoms. The smallest absolute Gasteiger partial charge is 0.0679 e. The lowest BCUT2D eigenvalue weighted by Gasteiger charge is -2.16. The third-order valence-corrected chi connectivity index (χ3v) is 1.87. The molecule has 1 saturated heterocycles. The molecule has 1 rings (SSSR count). The second-order valence-corrected chi connectivity index (χ2v) is 3.60. The number of rotatable bonds is 2. The van der Waals surface area contributed by atoms with E-state index in [1.807, 2.05) is 0 Å². The number of hydrogen-bond donors (Lipinski definition) is 1. The molecule has 0 aromatic carbocycles. The van der Waals surface area contributed by atoms with E-state index in [1.54, 1.807) is 0 Å². The quantitative estimate of drug-likeness (QED) is 0.615. The molecule has 0 radical (unpaired) electrons. The van der Waals surface area contributed by atoms with Gasteiger partial charge in [0.05, 0.1) is 6.10 Å². The topological polar surface area (TPSA) is 23.5 Å². The van der Waals surface area contributed by atoms with E-state index in [2.05, 4.69) is 18.7 Å². The van der Waals surface area contributed by atoms with Gasteiger partial charge < -0.3 is 10.0 Å². The van der Waals surface area contributed by atoms with Gasteiger partial charge in [-0.25, -0.2) is 0 Å². The van der Waals surface area contributed by atoms with Crippen LogP contribution in [0.5, 0.6) is 0 Å². The third kappa shape index (κ3) is 2.27. The Morgan fingerprint density at radius 2 is 2.30 bits per heavy atom. The van der Waals surface area contributed by atoms with Crippen LogP contribution in [0.1, 0.15) is 20.3 Å². The lowest BCUT2D eigenvalue weighted by Crippen LogP contribution is -2.26. The van der Waals surface area contributed by atoms with E-state index >= 15 is 0 Å². The van der Waals surface area contributed by atoms with Crippen LogP contribution in [0.15, 0.2) is 0 Å². The van der Waals surface area contributed by atoms with Crippen LogP contribution in [-0.4, -0.2) is 35.7 Å². The predicted molar refractivity (Wildman–Crippen MR) is 41.9 cm³/mol. The van der Waals surface area contributed by atoms with Crippen molar-refractivity contribution >= 4 is 0 Å². The molecule has 0 spiro atoms. The number of likely N-dealkylation sites (tertiary alicyclic amines) is 1. The zero-order valence-corrected chi connectivity index (χ0v) is 6.88. The minimum absolute atomic E-state index is 0.0567. The lowest BCUT2D eigenvalue weighted by atomic mass is 10.2. The maximum Gasteiger partial charge on any atom is 0.0679 e. The number of aliphatic hydroxyl groups excluding tert-OH is 1. The minimum Gasteiger partial charge on any atom is -0.392 e. The summed E-state index contributed by atoms with van der Waals surface area (Å²) in [6.07, 6.45) is 0.908. The highest BCUT2D eigenvalue weighted by molar-refractivity contribution is 4.74. The molecule has 10 heavy (non-hydrogen) atoms. The molecule has 60 valence electrons. The first-order chi connectivity index (χ1) is 4.68. The SMILES string of the molecule is CC(C)CN1CCC(O)C1. The van der Waals surface area contributed by atoms with E-state index in [0.717, 1.165) is 32.0 Å². The molecule has 0 aromatic heterocycles. The molecule has 0 aliphatic carbocycles. The van der Waals surface area contributed by atoms with Crippen molar-refractivity contribution in [3.05, 3.63) is 0 Å². The van der Waals surface area contributed by atoms with Crippen molar-refractivity contribution in [1.82, 2.24) is 4.90 Å². The van der Waals surface area contributed by atoms with E-state index in [9.17, 15) is 5.11 Å². The van der Waals surface area contributed by atoms with E-state index in [4.69, 9.17) is 0 Å². The maximum absolute atomic E-state index is 9.17. The van der Waals surface area contributed by atoms with Gasteiger partial charge in [0.1, 0.15) is 0 Å². The van der Waals surface area contributed by atoms with Crippen LogP contribution in [0, 0.1) is 5.92 Å². The van der Waals surface area contributed by atoms with Gasteiger partial charge in [-0.15, -0.1) is 0 Å². The Balaban J connectivity index is 2.18.